The average Bonchev–Trinajstić information content (AvgIpc) is 2.77. The molecule has 28 heavy (non-hydrogen) atoms. The molecule has 0 aliphatic carbocycles. The van der Waals surface area contributed by atoms with E-state index in [2.05, 4.69) is 23.7 Å². The molecule has 0 atom stereocenters. The summed E-state index contributed by atoms with van der Waals surface area (Å²) in [6.45, 7) is 15.7. The van der Waals surface area contributed by atoms with Gasteiger partial charge in [0, 0.05) is 58.6 Å². The van der Waals surface area contributed by atoms with Crippen molar-refractivity contribution in [1.82, 2.24) is 15.1 Å². The largest absolute Gasteiger partial charge is 0.383 e. The lowest BCUT2D eigenvalue weighted by Gasteiger charge is -2.34. The first kappa shape index (κ1) is 26.3. The van der Waals surface area contributed by atoms with E-state index in [0.717, 1.165) is 56.9 Å². The van der Waals surface area contributed by atoms with Crippen molar-refractivity contribution in [2.45, 2.75) is 33.7 Å². The molecular weight excluding hydrogens is 352 g/mol. The van der Waals surface area contributed by atoms with Crippen LogP contribution in [0.1, 0.15) is 43.1 Å². The fourth-order valence-corrected chi connectivity index (χ4v) is 2.61. The van der Waals surface area contributed by atoms with Crippen LogP contribution in [0.2, 0.25) is 0 Å². The maximum Gasteiger partial charge on any atom is 0.253 e. The zero-order valence-corrected chi connectivity index (χ0v) is 18.2. The molecule has 6 nitrogen and oxygen atoms in total. The van der Waals surface area contributed by atoms with Crippen LogP contribution < -0.4 is 11.1 Å². The number of allylic oxidation sites excluding steroid dienone is 1. The molecule has 1 aliphatic heterocycles. The summed E-state index contributed by atoms with van der Waals surface area (Å²) in [5.41, 5.74) is 7.27. The van der Waals surface area contributed by atoms with Crippen LogP contribution in [0.15, 0.2) is 36.9 Å². The average molecular weight is 393 g/mol. The molecule has 0 bridgehead atoms. The summed E-state index contributed by atoms with van der Waals surface area (Å²) < 4.78 is 5.10. The van der Waals surface area contributed by atoms with Crippen LogP contribution in [0, 0.1) is 0 Å². The van der Waals surface area contributed by atoms with E-state index in [1.54, 1.807) is 7.11 Å². The molecule has 0 unspecified atom stereocenters. The molecule has 1 saturated heterocycles. The van der Waals surface area contributed by atoms with Crippen LogP contribution in [0.4, 0.5) is 0 Å². The van der Waals surface area contributed by atoms with Gasteiger partial charge in [0.25, 0.3) is 5.91 Å². The lowest BCUT2D eigenvalue weighted by Crippen LogP contribution is -2.49. The number of hydrogen-bond acceptors (Lipinski definition) is 5. The highest BCUT2D eigenvalue weighted by molar-refractivity contribution is 5.94. The molecule has 0 spiro atoms. The highest BCUT2D eigenvalue weighted by Crippen LogP contribution is 2.11. The van der Waals surface area contributed by atoms with E-state index in [-0.39, 0.29) is 5.91 Å². The van der Waals surface area contributed by atoms with Gasteiger partial charge in [-0.25, -0.2) is 0 Å². The second kappa shape index (κ2) is 17.4. The van der Waals surface area contributed by atoms with Crippen molar-refractivity contribution in [3.63, 3.8) is 0 Å². The van der Waals surface area contributed by atoms with E-state index < -0.39 is 0 Å². The molecule has 2 rings (SSSR count). The van der Waals surface area contributed by atoms with Crippen molar-refractivity contribution in [3.8, 4) is 0 Å². The van der Waals surface area contributed by atoms with Crippen LogP contribution in [0.5, 0.6) is 0 Å². The molecule has 1 fully saturated rings. The number of rotatable bonds is 8. The SMILES string of the molecule is C=CCC.CC.COCCN1CCN(C(=O)c2cccc(CNCN)c2)CC1. The lowest BCUT2D eigenvalue weighted by molar-refractivity contribution is 0.0594. The number of benzene rings is 1. The molecule has 1 aromatic rings. The van der Waals surface area contributed by atoms with Gasteiger partial charge in [0.05, 0.1) is 6.61 Å². The standard InChI is InChI=1S/C16H26N4O2.C4H8.C2H6/c1-22-10-9-19-5-7-20(8-6-19)16(21)15-4-2-3-14(11-15)12-18-13-17;1-3-4-2;1-2/h2-4,11,18H,5-10,12-13,17H2,1H3;3H,1,4H2,2H3;1-2H3. The van der Waals surface area contributed by atoms with Crippen LogP contribution in [0.25, 0.3) is 0 Å². The molecule has 1 heterocycles. The quantitative estimate of drug-likeness (QED) is 0.526. The van der Waals surface area contributed by atoms with Crippen LogP contribution in [0.3, 0.4) is 0 Å². The first-order valence-corrected chi connectivity index (χ1v) is 10.3. The van der Waals surface area contributed by atoms with Gasteiger partial charge in [-0.2, -0.15) is 0 Å². The van der Waals surface area contributed by atoms with Crippen molar-refractivity contribution in [3.05, 3.63) is 48.0 Å². The summed E-state index contributed by atoms with van der Waals surface area (Å²) in [5.74, 6) is 0.112. The Balaban J connectivity index is 0.00000108. The number of carbonyl (C=O) groups excluding carboxylic acids is 1. The highest BCUT2D eigenvalue weighted by atomic mass is 16.5. The molecule has 0 radical (unpaired) electrons. The third-order valence-electron chi connectivity index (χ3n) is 4.21. The second-order valence-corrected chi connectivity index (χ2v) is 6.15. The predicted octanol–water partition coefficient (Wildman–Crippen LogP) is 2.71. The van der Waals surface area contributed by atoms with Crippen LogP contribution >= 0.6 is 0 Å². The summed E-state index contributed by atoms with van der Waals surface area (Å²) in [7, 11) is 1.71. The Morgan fingerprint density at radius 3 is 2.46 bits per heavy atom. The molecule has 0 saturated carbocycles. The highest BCUT2D eigenvalue weighted by Gasteiger charge is 2.21. The van der Waals surface area contributed by atoms with Crippen LogP contribution in [-0.4, -0.2) is 68.8 Å². The van der Waals surface area contributed by atoms with Crippen molar-refractivity contribution in [2.75, 3.05) is 53.1 Å². The predicted molar refractivity (Wildman–Crippen MR) is 118 cm³/mol. The van der Waals surface area contributed by atoms with Gasteiger partial charge in [0.1, 0.15) is 0 Å². The van der Waals surface area contributed by atoms with E-state index in [0.29, 0.717) is 13.2 Å². The summed E-state index contributed by atoms with van der Waals surface area (Å²) in [6.07, 6.45) is 2.96. The van der Waals surface area contributed by atoms with E-state index in [1.165, 1.54) is 0 Å². The zero-order chi connectivity index (χ0) is 21.2. The van der Waals surface area contributed by atoms with Gasteiger partial charge >= 0.3 is 0 Å². The molecule has 1 aliphatic rings. The number of piperazine rings is 1. The minimum atomic E-state index is 0.112. The molecule has 3 N–H and O–H groups in total. The van der Waals surface area contributed by atoms with E-state index in [4.69, 9.17) is 10.5 Å². The zero-order valence-electron chi connectivity index (χ0n) is 18.2. The number of nitrogens with zero attached hydrogens (tertiary/aromatic N) is 2. The third-order valence-corrected chi connectivity index (χ3v) is 4.21. The number of nitrogens with two attached hydrogens (primary N) is 1. The summed E-state index contributed by atoms with van der Waals surface area (Å²) in [4.78, 5) is 16.8. The minimum absolute atomic E-state index is 0.112. The fourth-order valence-electron chi connectivity index (χ4n) is 2.61. The van der Waals surface area contributed by atoms with Crippen molar-refractivity contribution in [1.29, 1.82) is 0 Å². The Morgan fingerprint density at radius 1 is 1.29 bits per heavy atom. The van der Waals surface area contributed by atoms with E-state index in [9.17, 15) is 4.79 Å². The molecule has 6 heteroatoms. The number of ether oxygens (including phenoxy) is 1. The fraction of sp³-hybridized carbons (Fsp3) is 0.591. The Hall–Kier alpha value is -1.73. The number of nitrogens with one attached hydrogen (secondary N) is 1. The van der Waals surface area contributed by atoms with Gasteiger partial charge in [0.15, 0.2) is 0 Å². The summed E-state index contributed by atoms with van der Waals surface area (Å²) >= 11 is 0. The van der Waals surface area contributed by atoms with Crippen molar-refractivity contribution >= 4 is 5.91 Å². The number of carbonyl (C=O) groups is 1. The Labute approximate surface area is 171 Å². The van der Waals surface area contributed by atoms with Gasteiger partial charge in [-0.05, 0) is 24.1 Å². The topological polar surface area (TPSA) is 70.8 Å². The Kier molecular flexibility index (Phi) is 16.3. The minimum Gasteiger partial charge on any atom is -0.383 e. The molecule has 1 aromatic carbocycles. The molecule has 1 amide bonds. The second-order valence-electron chi connectivity index (χ2n) is 6.15. The van der Waals surface area contributed by atoms with Gasteiger partial charge < -0.3 is 20.7 Å². The Morgan fingerprint density at radius 2 is 1.93 bits per heavy atom. The maximum atomic E-state index is 12.6. The molecular formula is C22H40N4O2. The Bertz CT molecular complexity index is 529. The van der Waals surface area contributed by atoms with Crippen molar-refractivity contribution < 1.29 is 9.53 Å². The van der Waals surface area contributed by atoms with Gasteiger partial charge in [-0.1, -0.05) is 39.0 Å². The number of hydrogen-bond donors (Lipinski definition) is 2. The first-order chi connectivity index (χ1) is 13.7. The van der Waals surface area contributed by atoms with Crippen molar-refractivity contribution in [2.24, 2.45) is 5.73 Å². The first-order valence-electron chi connectivity index (χ1n) is 10.3. The normalized spacial score (nSPS) is 13.7. The van der Waals surface area contributed by atoms with Gasteiger partial charge in [-0.15, -0.1) is 6.58 Å². The monoisotopic (exact) mass is 392 g/mol. The summed E-state index contributed by atoms with van der Waals surface area (Å²) in [5, 5.41) is 3.07. The maximum absolute atomic E-state index is 12.6. The van der Waals surface area contributed by atoms with Crippen LogP contribution in [-0.2, 0) is 11.3 Å². The smallest absolute Gasteiger partial charge is 0.253 e. The lowest BCUT2D eigenvalue weighted by atomic mass is 10.1. The van der Waals surface area contributed by atoms with Gasteiger partial charge in [0.2, 0.25) is 0 Å². The molecule has 0 aromatic heterocycles. The number of amides is 1. The van der Waals surface area contributed by atoms with Gasteiger partial charge in [-0.3, -0.25) is 9.69 Å². The number of methoxy groups -OCH3 is 1. The summed E-state index contributed by atoms with van der Waals surface area (Å²) in [6, 6.07) is 7.76. The van der Waals surface area contributed by atoms with E-state index >= 15 is 0 Å². The third kappa shape index (κ3) is 10.6. The molecule has 160 valence electrons. The van der Waals surface area contributed by atoms with E-state index in [1.807, 2.05) is 49.1 Å².